The van der Waals surface area contributed by atoms with Crippen molar-refractivity contribution in [3.63, 3.8) is 0 Å². The van der Waals surface area contributed by atoms with Gasteiger partial charge < -0.3 is 4.74 Å². The predicted octanol–water partition coefficient (Wildman–Crippen LogP) is 5.03. The van der Waals surface area contributed by atoms with Gasteiger partial charge in [0.15, 0.2) is 0 Å². The molecule has 39 heavy (non-hydrogen) atoms. The average molecular weight is 549 g/mol. The van der Waals surface area contributed by atoms with E-state index in [1.54, 1.807) is 42.0 Å². The number of sulfonamides is 1. The Kier molecular flexibility index (Phi) is 7.49. The van der Waals surface area contributed by atoms with E-state index in [1.165, 1.54) is 29.6 Å². The molecular weight excluding hydrogens is 519 g/mol. The summed E-state index contributed by atoms with van der Waals surface area (Å²) in [5.41, 5.74) is 2.36. The number of carbonyl (C=O) groups is 1. The van der Waals surface area contributed by atoms with E-state index >= 15 is 0 Å². The molecule has 1 fully saturated rings. The first kappa shape index (κ1) is 26.6. The van der Waals surface area contributed by atoms with Crippen molar-refractivity contribution in [3.8, 4) is 22.7 Å². The van der Waals surface area contributed by atoms with Gasteiger partial charge in [0.2, 0.25) is 21.9 Å². The fraction of sp³-hybridized carbons (Fsp3) is 0.241. The second kappa shape index (κ2) is 11.0. The molecule has 1 amide bonds. The molecule has 0 radical (unpaired) electrons. The number of halogens is 1. The van der Waals surface area contributed by atoms with Crippen LogP contribution in [0.15, 0.2) is 83.9 Å². The molecule has 0 aliphatic heterocycles. The van der Waals surface area contributed by atoms with E-state index in [0.717, 1.165) is 18.4 Å². The zero-order chi connectivity index (χ0) is 27.6. The van der Waals surface area contributed by atoms with Crippen molar-refractivity contribution in [2.75, 3.05) is 25.5 Å². The summed E-state index contributed by atoms with van der Waals surface area (Å²) in [5, 5.41) is 2.76. The van der Waals surface area contributed by atoms with E-state index in [9.17, 15) is 17.6 Å². The highest BCUT2D eigenvalue weighted by Gasteiger charge is 2.33. The second-order valence-electron chi connectivity index (χ2n) is 9.58. The van der Waals surface area contributed by atoms with E-state index in [2.05, 4.69) is 10.3 Å². The number of hydrogen-bond donors (Lipinski definition) is 1. The molecule has 1 aromatic heterocycles. The van der Waals surface area contributed by atoms with Gasteiger partial charge in [0.25, 0.3) is 0 Å². The molecule has 1 aliphatic carbocycles. The van der Waals surface area contributed by atoms with Gasteiger partial charge in [0.1, 0.15) is 11.6 Å². The number of aromatic nitrogens is 2. The Morgan fingerprint density at radius 2 is 1.82 bits per heavy atom. The number of methoxy groups -OCH3 is 1. The van der Waals surface area contributed by atoms with Crippen molar-refractivity contribution >= 4 is 21.9 Å². The molecule has 0 spiro atoms. The average Bonchev–Trinajstić information content (AvgIpc) is 3.67. The molecule has 1 heterocycles. The van der Waals surface area contributed by atoms with Crippen LogP contribution in [0.3, 0.4) is 0 Å². The normalized spacial score (nSPS) is 13.4. The smallest absolute Gasteiger partial charge is 0.243 e. The van der Waals surface area contributed by atoms with E-state index in [1.807, 2.05) is 30.3 Å². The number of amides is 1. The van der Waals surface area contributed by atoms with Gasteiger partial charge in [0.05, 0.1) is 29.9 Å². The third-order valence-corrected chi connectivity index (χ3v) is 8.46. The maximum absolute atomic E-state index is 14.4. The number of anilines is 1. The molecule has 202 valence electrons. The minimum atomic E-state index is -3.94. The summed E-state index contributed by atoms with van der Waals surface area (Å²) in [6.07, 6.45) is 3.55. The van der Waals surface area contributed by atoms with Gasteiger partial charge in [-0.1, -0.05) is 36.4 Å². The van der Waals surface area contributed by atoms with E-state index in [0.29, 0.717) is 22.7 Å². The van der Waals surface area contributed by atoms with Gasteiger partial charge in [-0.25, -0.2) is 17.8 Å². The molecule has 0 bridgehead atoms. The highest BCUT2D eigenvalue weighted by Crippen LogP contribution is 2.32. The summed E-state index contributed by atoms with van der Waals surface area (Å²) in [6.45, 7) is 1.53. The Balaban J connectivity index is 1.44. The number of rotatable bonds is 10. The maximum atomic E-state index is 14.4. The molecule has 1 saturated carbocycles. The molecule has 0 saturated heterocycles. The Bertz CT molecular complexity index is 1580. The van der Waals surface area contributed by atoms with Crippen LogP contribution in [-0.2, 0) is 14.8 Å². The molecule has 0 unspecified atom stereocenters. The number of ether oxygens (including phenoxy) is 1. The van der Waals surface area contributed by atoms with Crippen LogP contribution < -0.4 is 10.1 Å². The van der Waals surface area contributed by atoms with Gasteiger partial charge in [-0.2, -0.15) is 4.31 Å². The van der Waals surface area contributed by atoms with Crippen LogP contribution in [0.5, 0.6) is 5.75 Å². The number of nitrogens with one attached hydrogen (secondary N) is 1. The summed E-state index contributed by atoms with van der Waals surface area (Å²) in [4.78, 5) is 18.0. The van der Waals surface area contributed by atoms with E-state index < -0.39 is 15.9 Å². The standard InChI is InChI=1S/C29H29FN4O4S/c1-20-8-11-23(16-26(20)30)34-18-27(22-6-4-3-5-7-22)31-29(34)32-28(35)19-33(17-21-9-10-21)39(36,37)25-14-12-24(38-2)13-15-25/h3-8,11-16,18,21H,9-10,17,19H2,1-2H3,(H,31,32,35). The number of nitrogens with zero attached hydrogens (tertiary/aromatic N) is 3. The Morgan fingerprint density at radius 1 is 1.10 bits per heavy atom. The zero-order valence-corrected chi connectivity index (χ0v) is 22.5. The quantitative estimate of drug-likeness (QED) is 0.300. The SMILES string of the molecule is COc1ccc(S(=O)(=O)N(CC(=O)Nc2nc(-c3ccccc3)cn2-c2ccc(C)c(F)c2)CC2CC2)cc1. The Hall–Kier alpha value is -4.02. The zero-order valence-electron chi connectivity index (χ0n) is 21.7. The van der Waals surface area contributed by atoms with Gasteiger partial charge in [-0.05, 0) is 67.6 Å². The molecule has 0 atom stereocenters. The Labute approximate surface area is 227 Å². The summed E-state index contributed by atoms with van der Waals surface area (Å²) in [7, 11) is -2.43. The van der Waals surface area contributed by atoms with Crippen LogP contribution in [0.25, 0.3) is 16.9 Å². The lowest BCUT2D eigenvalue weighted by atomic mass is 10.2. The van der Waals surface area contributed by atoms with E-state index in [4.69, 9.17) is 4.74 Å². The molecule has 8 nitrogen and oxygen atoms in total. The van der Waals surface area contributed by atoms with Crippen LogP contribution in [0.1, 0.15) is 18.4 Å². The molecule has 3 aromatic carbocycles. The monoisotopic (exact) mass is 548 g/mol. The van der Waals surface area contributed by atoms with Crippen molar-refractivity contribution in [2.45, 2.75) is 24.7 Å². The van der Waals surface area contributed by atoms with Crippen molar-refractivity contribution in [1.82, 2.24) is 13.9 Å². The lowest BCUT2D eigenvalue weighted by Gasteiger charge is -2.22. The lowest BCUT2D eigenvalue weighted by molar-refractivity contribution is -0.116. The van der Waals surface area contributed by atoms with Crippen molar-refractivity contribution in [3.05, 3.63) is 90.4 Å². The topological polar surface area (TPSA) is 93.5 Å². The first-order valence-electron chi connectivity index (χ1n) is 12.6. The number of aryl methyl sites for hydroxylation is 1. The van der Waals surface area contributed by atoms with Gasteiger partial charge in [0, 0.05) is 18.3 Å². The molecule has 4 aromatic rings. The van der Waals surface area contributed by atoms with E-state index in [-0.39, 0.29) is 35.7 Å². The maximum Gasteiger partial charge on any atom is 0.243 e. The molecular formula is C29H29FN4O4S. The number of imidazole rings is 1. The first-order chi connectivity index (χ1) is 18.7. The number of benzene rings is 3. The van der Waals surface area contributed by atoms with Crippen molar-refractivity contribution in [2.24, 2.45) is 5.92 Å². The molecule has 1 N–H and O–H groups in total. The third kappa shape index (κ3) is 6.02. The van der Waals surface area contributed by atoms with Crippen molar-refractivity contribution < 1.29 is 22.3 Å². The summed E-state index contributed by atoms with van der Waals surface area (Å²) in [6, 6.07) is 20.2. The number of hydrogen-bond acceptors (Lipinski definition) is 5. The van der Waals surface area contributed by atoms with Crippen LogP contribution in [0.4, 0.5) is 10.3 Å². The fourth-order valence-electron chi connectivity index (χ4n) is 4.20. The molecule has 10 heteroatoms. The lowest BCUT2D eigenvalue weighted by Crippen LogP contribution is -2.39. The summed E-state index contributed by atoms with van der Waals surface area (Å²) >= 11 is 0. The highest BCUT2D eigenvalue weighted by atomic mass is 32.2. The summed E-state index contributed by atoms with van der Waals surface area (Å²) in [5.74, 6) is -0.0231. The first-order valence-corrected chi connectivity index (χ1v) is 14.0. The minimum absolute atomic E-state index is 0.0831. The van der Waals surface area contributed by atoms with Crippen molar-refractivity contribution in [1.29, 1.82) is 0 Å². The van der Waals surface area contributed by atoms with Gasteiger partial charge >= 0.3 is 0 Å². The second-order valence-corrected chi connectivity index (χ2v) is 11.5. The fourth-order valence-corrected chi connectivity index (χ4v) is 5.67. The van der Waals surface area contributed by atoms with Gasteiger partial charge in [-0.3, -0.25) is 14.7 Å². The van der Waals surface area contributed by atoms with Crippen LogP contribution >= 0.6 is 0 Å². The van der Waals surface area contributed by atoms with Gasteiger partial charge in [-0.15, -0.1) is 0 Å². The third-order valence-electron chi connectivity index (χ3n) is 6.64. The predicted molar refractivity (Wildman–Crippen MR) is 147 cm³/mol. The highest BCUT2D eigenvalue weighted by molar-refractivity contribution is 7.89. The molecule has 5 rings (SSSR count). The Morgan fingerprint density at radius 3 is 2.46 bits per heavy atom. The van der Waals surface area contributed by atoms with Crippen LogP contribution in [0.2, 0.25) is 0 Å². The molecule has 1 aliphatic rings. The minimum Gasteiger partial charge on any atom is -0.497 e. The number of carbonyl (C=O) groups excluding carboxylic acids is 1. The van der Waals surface area contributed by atoms with Crippen LogP contribution in [-0.4, -0.2) is 48.4 Å². The van der Waals surface area contributed by atoms with Crippen LogP contribution in [0, 0.1) is 18.7 Å². The largest absolute Gasteiger partial charge is 0.497 e. The summed E-state index contributed by atoms with van der Waals surface area (Å²) < 4.78 is 49.3.